The molecule has 2 fully saturated rings. The molecule has 82 valence electrons. The average Bonchev–Trinajstić information content (AvgIpc) is 2.78. The molecule has 0 heteroatoms. The fourth-order valence-electron chi connectivity index (χ4n) is 3.94. The van der Waals surface area contributed by atoms with Gasteiger partial charge in [-0.05, 0) is 49.4 Å². The zero-order chi connectivity index (χ0) is 10.0. The van der Waals surface area contributed by atoms with Crippen molar-refractivity contribution in [3.05, 3.63) is 0 Å². The molecule has 0 aromatic rings. The van der Waals surface area contributed by atoms with E-state index in [9.17, 15) is 0 Å². The summed E-state index contributed by atoms with van der Waals surface area (Å²) in [4.78, 5) is 0. The van der Waals surface area contributed by atoms with Gasteiger partial charge in [-0.1, -0.05) is 39.5 Å². The molecule has 0 amide bonds. The lowest BCUT2D eigenvalue weighted by Crippen LogP contribution is -2.23. The van der Waals surface area contributed by atoms with E-state index in [2.05, 4.69) is 13.8 Å². The van der Waals surface area contributed by atoms with Gasteiger partial charge in [0.05, 0.1) is 0 Å². The second-order valence-electron chi connectivity index (χ2n) is 5.91. The second-order valence-corrected chi connectivity index (χ2v) is 5.91. The van der Waals surface area contributed by atoms with Crippen molar-refractivity contribution in [2.45, 2.75) is 71.6 Å². The lowest BCUT2D eigenvalue weighted by molar-refractivity contribution is 0.170. The Morgan fingerprint density at radius 2 is 1.93 bits per heavy atom. The third kappa shape index (κ3) is 1.85. The van der Waals surface area contributed by atoms with Gasteiger partial charge in [0.15, 0.2) is 0 Å². The van der Waals surface area contributed by atoms with E-state index >= 15 is 0 Å². The van der Waals surface area contributed by atoms with Crippen LogP contribution >= 0.6 is 0 Å². The summed E-state index contributed by atoms with van der Waals surface area (Å²) in [6, 6.07) is 0. The molecule has 1 atom stereocenters. The first-order chi connectivity index (χ1) is 6.77. The minimum atomic E-state index is 0.818. The fraction of sp³-hybridized carbons (Fsp3) is 1.00. The van der Waals surface area contributed by atoms with E-state index in [4.69, 9.17) is 0 Å². The molecule has 0 nitrogen and oxygen atoms in total. The van der Waals surface area contributed by atoms with E-state index < -0.39 is 0 Å². The van der Waals surface area contributed by atoms with Gasteiger partial charge in [-0.15, -0.1) is 0 Å². The second kappa shape index (κ2) is 4.24. The first-order valence-corrected chi connectivity index (χ1v) is 6.77. The molecule has 0 aromatic heterocycles. The topological polar surface area (TPSA) is 0 Å². The normalized spacial score (nSPS) is 37.7. The third-order valence-corrected chi connectivity index (χ3v) is 5.08. The highest BCUT2D eigenvalue weighted by atomic mass is 14.5. The summed E-state index contributed by atoms with van der Waals surface area (Å²) in [6.45, 7) is 4.84. The van der Waals surface area contributed by atoms with Crippen LogP contribution in [0.25, 0.3) is 0 Å². The molecule has 2 saturated carbocycles. The first-order valence-electron chi connectivity index (χ1n) is 6.77. The van der Waals surface area contributed by atoms with Gasteiger partial charge in [0, 0.05) is 0 Å². The Balaban J connectivity index is 1.81. The highest BCUT2D eigenvalue weighted by molar-refractivity contribution is 4.98. The summed E-state index contributed by atoms with van der Waals surface area (Å²) in [7, 11) is 0. The SMILES string of the molecule is CCCCC[C@@H](C)C12CCC(CC1)C2. The number of fused-ring (bicyclic) bond motifs is 2. The molecule has 0 saturated heterocycles. The Morgan fingerprint density at radius 3 is 2.43 bits per heavy atom. The molecule has 0 aliphatic heterocycles. The molecule has 0 aromatic carbocycles. The molecule has 0 N–H and O–H groups in total. The summed E-state index contributed by atoms with van der Waals surface area (Å²) in [5.74, 6) is 2.14. The predicted molar refractivity (Wildman–Crippen MR) is 62.3 cm³/mol. The molecule has 2 aliphatic rings. The van der Waals surface area contributed by atoms with Gasteiger partial charge in [-0.25, -0.2) is 0 Å². The molecule has 0 heterocycles. The Labute approximate surface area is 89.5 Å². The molecule has 2 bridgehead atoms. The lowest BCUT2D eigenvalue weighted by atomic mass is 9.72. The largest absolute Gasteiger partial charge is 0.0654 e. The summed E-state index contributed by atoms with van der Waals surface area (Å²) in [6.07, 6.45) is 13.6. The van der Waals surface area contributed by atoms with Crippen LogP contribution in [-0.4, -0.2) is 0 Å². The van der Waals surface area contributed by atoms with Crippen molar-refractivity contribution in [3.63, 3.8) is 0 Å². The number of unbranched alkanes of at least 4 members (excludes halogenated alkanes) is 2. The summed E-state index contributed by atoms with van der Waals surface area (Å²) in [5, 5.41) is 0. The average molecular weight is 194 g/mol. The lowest BCUT2D eigenvalue weighted by Gasteiger charge is -2.33. The monoisotopic (exact) mass is 194 g/mol. The zero-order valence-electron chi connectivity index (χ0n) is 10.0. The maximum absolute atomic E-state index is 2.53. The first kappa shape index (κ1) is 10.5. The van der Waals surface area contributed by atoms with Gasteiger partial charge in [0.2, 0.25) is 0 Å². The molecule has 2 rings (SSSR count). The van der Waals surface area contributed by atoms with Crippen molar-refractivity contribution in [2.24, 2.45) is 17.3 Å². The molecule has 14 heavy (non-hydrogen) atoms. The number of hydrogen-bond acceptors (Lipinski definition) is 0. The molecule has 0 unspecified atom stereocenters. The number of rotatable bonds is 5. The van der Waals surface area contributed by atoms with Gasteiger partial charge >= 0.3 is 0 Å². The van der Waals surface area contributed by atoms with Crippen LogP contribution < -0.4 is 0 Å². The highest BCUT2D eigenvalue weighted by Crippen LogP contribution is 2.58. The van der Waals surface area contributed by atoms with E-state index in [1.165, 1.54) is 25.7 Å². The van der Waals surface area contributed by atoms with Crippen LogP contribution in [-0.2, 0) is 0 Å². The van der Waals surface area contributed by atoms with Gasteiger partial charge in [0.25, 0.3) is 0 Å². The molecule has 0 spiro atoms. The van der Waals surface area contributed by atoms with E-state index in [0.717, 1.165) is 17.3 Å². The van der Waals surface area contributed by atoms with Crippen LogP contribution in [0.1, 0.15) is 71.6 Å². The van der Waals surface area contributed by atoms with E-state index in [-0.39, 0.29) is 0 Å². The number of hydrogen-bond donors (Lipinski definition) is 0. The van der Waals surface area contributed by atoms with Crippen LogP contribution in [0.3, 0.4) is 0 Å². The Kier molecular flexibility index (Phi) is 3.19. The van der Waals surface area contributed by atoms with Crippen LogP contribution in [0.4, 0.5) is 0 Å². The van der Waals surface area contributed by atoms with Crippen molar-refractivity contribution >= 4 is 0 Å². The van der Waals surface area contributed by atoms with Crippen molar-refractivity contribution in [1.82, 2.24) is 0 Å². The van der Waals surface area contributed by atoms with Crippen LogP contribution in [0.15, 0.2) is 0 Å². The molecular weight excluding hydrogens is 168 g/mol. The third-order valence-electron chi connectivity index (χ3n) is 5.08. The maximum atomic E-state index is 2.53. The van der Waals surface area contributed by atoms with Crippen molar-refractivity contribution in [2.75, 3.05) is 0 Å². The van der Waals surface area contributed by atoms with Crippen LogP contribution in [0.2, 0.25) is 0 Å². The Morgan fingerprint density at radius 1 is 1.21 bits per heavy atom. The van der Waals surface area contributed by atoms with Gasteiger partial charge in [0.1, 0.15) is 0 Å². The van der Waals surface area contributed by atoms with E-state index in [1.807, 2.05) is 0 Å². The zero-order valence-corrected chi connectivity index (χ0v) is 10.0. The summed E-state index contributed by atoms with van der Waals surface area (Å²) >= 11 is 0. The van der Waals surface area contributed by atoms with Crippen LogP contribution in [0, 0.1) is 17.3 Å². The van der Waals surface area contributed by atoms with Crippen molar-refractivity contribution in [3.8, 4) is 0 Å². The van der Waals surface area contributed by atoms with Crippen LogP contribution in [0.5, 0.6) is 0 Å². The molecule has 2 aliphatic carbocycles. The van der Waals surface area contributed by atoms with E-state index in [1.54, 1.807) is 32.1 Å². The smallest absolute Gasteiger partial charge is 0.0269 e. The summed E-state index contributed by atoms with van der Waals surface area (Å²) < 4.78 is 0. The Hall–Kier alpha value is 0. The standard InChI is InChI=1S/C14H26/c1-3-4-5-6-12(2)14-9-7-13(11-14)8-10-14/h12-13H,3-11H2,1-2H3/t12-,13?,14?/m1/s1. The quantitative estimate of drug-likeness (QED) is 0.552. The van der Waals surface area contributed by atoms with Gasteiger partial charge in [-0.2, -0.15) is 0 Å². The molecular formula is C14H26. The summed E-state index contributed by atoms with van der Waals surface area (Å²) in [5.41, 5.74) is 0.818. The Bertz CT molecular complexity index is 174. The van der Waals surface area contributed by atoms with Gasteiger partial charge < -0.3 is 0 Å². The predicted octanol–water partition coefficient (Wildman–Crippen LogP) is 4.78. The maximum Gasteiger partial charge on any atom is -0.0269 e. The molecule has 0 radical (unpaired) electrons. The minimum absolute atomic E-state index is 0.818. The van der Waals surface area contributed by atoms with Crippen molar-refractivity contribution in [1.29, 1.82) is 0 Å². The fourth-order valence-corrected chi connectivity index (χ4v) is 3.94. The van der Waals surface area contributed by atoms with E-state index in [0.29, 0.717) is 0 Å². The van der Waals surface area contributed by atoms with Crippen molar-refractivity contribution < 1.29 is 0 Å². The van der Waals surface area contributed by atoms with Gasteiger partial charge in [-0.3, -0.25) is 0 Å². The highest BCUT2D eigenvalue weighted by Gasteiger charge is 2.47. The minimum Gasteiger partial charge on any atom is -0.0654 e.